The minimum absolute atomic E-state index is 0.258. The Morgan fingerprint density at radius 2 is 1.53 bits per heavy atom. The van der Waals surface area contributed by atoms with E-state index in [1.807, 2.05) is 61.5 Å². The van der Waals surface area contributed by atoms with E-state index in [0.717, 1.165) is 11.3 Å². The lowest BCUT2D eigenvalue weighted by Crippen LogP contribution is -2.28. The first-order valence-corrected chi connectivity index (χ1v) is 9.55. The van der Waals surface area contributed by atoms with E-state index in [9.17, 15) is 9.59 Å². The van der Waals surface area contributed by atoms with Gasteiger partial charge in [-0.15, -0.1) is 0 Å². The third-order valence-corrected chi connectivity index (χ3v) is 4.35. The van der Waals surface area contributed by atoms with Gasteiger partial charge in [-0.25, -0.2) is 4.79 Å². The molecule has 3 aromatic rings. The quantitative estimate of drug-likeness (QED) is 0.575. The number of ether oxygens (including phenoxy) is 2. The van der Waals surface area contributed by atoms with Gasteiger partial charge in [0.25, 0.3) is 5.91 Å². The van der Waals surface area contributed by atoms with Gasteiger partial charge >= 0.3 is 5.97 Å². The molecule has 1 amide bonds. The van der Waals surface area contributed by atoms with Gasteiger partial charge < -0.3 is 19.7 Å². The summed E-state index contributed by atoms with van der Waals surface area (Å²) in [7, 11) is 3.93. The van der Waals surface area contributed by atoms with Crippen molar-refractivity contribution in [2.45, 2.75) is 6.54 Å². The van der Waals surface area contributed by atoms with Crippen molar-refractivity contribution in [2.24, 2.45) is 0 Å². The highest BCUT2D eigenvalue weighted by Gasteiger charge is 2.15. The van der Waals surface area contributed by atoms with Gasteiger partial charge in [0.1, 0.15) is 17.1 Å². The van der Waals surface area contributed by atoms with Crippen LogP contribution in [0.1, 0.15) is 15.9 Å². The summed E-state index contributed by atoms with van der Waals surface area (Å²) in [4.78, 5) is 26.5. The van der Waals surface area contributed by atoms with Crippen LogP contribution < -0.4 is 15.0 Å². The first kappa shape index (κ1) is 20.9. The van der Waals surface area contributed by atoms with Crippen LogP contribution in [-0.2, 0) is 16.1 Å². The lowest BCUT2D eigenvalue weighted by atomic mass is 10.2. The van der Waals surface area contributed by atoms with E-state index in [0.29, 0.717) is 18.0 Å². The number of hydrogen-bond donors (Lipinski definition) is 1. The molecule has 0 unspecified atom stereocenters. The highest BCUT2D eigenvalue weighted by Crippen LogP contribution is 2.25. The van der Waals surface area contributed by atoms with Gasteiger partial charge in [-0.2, -0.15) is 0 Å². The van der Waals surface area contributed by atoms with Gasteiger partial charge in [-0.1, -0.05) is 42.5 Å². The molecule has 0 bridgehead atoms. The van der Waals surface area contributed by atoms with Crippen molar-refractivity contribution in [2.75, 3.05) is 25.6 Å². The molecular formula is C24H24N2O4. The number of anilines is 1. The van der Waals surface area contributed by atoms with Crippen LogP contribution in [0.2, 0.25) is 0 Å². The number of carbonyl (C=O) groups is 2. The van der Waals surface area contributed by atoms with Crippen LogP contribution in [0.4, 0.5) is 5.69 Å². The molecule has 0 saturated heterocycles. The number of nitrogens with one attached hydrogen (secondary N) is 1. The average molecular weight is 404 g/mol. The number of amides is 1. The number of rotatable bonds is 8. The summed E-state index contributed by atoms with van der Waals surface area (Å²) < 4.78 is 10.9. The van der Waals surface area contributed by atoms with Crippen molar-refractivity contribution >= 4 is 17.6 Å². The molecule has 3 rings (SSSR count). The number of nitrogens with zero attached hydrogens (tertiary/aromatic N) is 1. The molecule has 6 nitrogen and oxygen atoms in total. The zero-order valence-electron chi connectivity index (χ0n) is 17.0. The number of hydrogen-bond acceptors (Lipinski definition) is 5. The molecule has 0 fully saturated rings. The maximum Gasteiger partial charge on any atom is 0.342 e. The summed E-state index contributed by atoms with van der Waals surface area (Å²) in [5, 5.41) is 2.75. The monoisotopic (exact) mass is 404 g/mol. The molecule has 0 spiro atoms. The third-order valence-electron chi connectivity index (χ3n) is 4.35. The predicted octanol–water partition coefficient (Wildman–Crippen LogP) is 4.02. The average Bonchev–Trinajstić information content (AvgIpc) is 2.77. The first-order valence-electron chi connectivity index (χ1n) is 9.55. The fraction of sp³-hybridized carbons (Fsp3) is 0.167. The second kappa shape index (κ2) is 10.1. The van der Waals surface area contributed by atoms with Crippen LogP contribution in [0.3, 0.4) is 0 Å². The molecule has 0 saturated carbocycles. The van der Waals surface area contributed by atoms with Gasteiger partial charge in [-0.3, -0.25) is 4.79 Å². The normalized spacial score (nSPS) is 10.2. The van der Waals surface area contributed by atoms with E-state index >= 15 is 0 Å². The summed E-state index contributed by atoms with van der Waals surface area (Å²) >= 11 is 0. The smallest absolute Gasteiger partial charge is 0.342 e. The Morgan fingerprint density at radius 3 is 2.23 bits per heavy atom. The number of esters is 1. The van der Waals surface area contributed by atoms with Gasteiger partial charge in [0.2, 0.25) is 0 Å². The van der Waals surface area contributed by atoms with E-state index in [4.69, 9.17) is 9.47 Å². The zero-order chi connectivity index (χ0) is 21.3. The maximum atomic E-state index is 12.4. The molecule has 0 heterocycles. The molecule has 0 atom stereocenters. The Balaban J connectivity index is 1.52. The van der Waals surface area contributed by atoms with Crippen LogP contribution in [0.25, 0.3) is 0 Å². The second-order valence-corrected chi connectivity index (χ2v) is 6.83. The van der Waals surface area contributed by atoms with Crippen molar-refractivity contribution in [1.29, 1.82) is 0 Å². The van der Waals surface area contributed by atoms with E-state index in [-0.39, 0.29) is 18.1 Å². The minimum atomic E-state index is -0.619. The molecule has 30 heavy (non-hydrogen) atoms. The Labute approximate surface area is 176 Å². The third kappa shape index (κ3) is 5.85. The molecular weight excluding hydrogens is 380 g/mol. The van der Waals surface area contributed by atoms with Crippen LogP contribution in [0.5, 0.6) is 11.5 Å². The number of benzene rings is 3. The van der Waals surface area contributed by atoms with Crippen molar-refractivity contribution < 1.29 is 19.1 Å². The Hall–Kier alpha value is -3.80. The van der Waals surface area contributed by atoms with Crippen LogP contribution in [0, 0.1) is 0 Å². The fourth-order valence-electron chi connectivity index (χ4n) is 2.71. The summed E-state index contributed by atoms with van der Waals surface area (Å²) in [5.41, 5.74) is 2.30. The summed E-state index contributed by atoms with van der Waals surface area (Å²) in [5.74, 6) is -0.0145. The number of para-hydroxylation sites is 2. The van der Waals surface area contributed by atoms with E-state index in [2.05, 4.69) is 5.32 Å². The second-order valence-electron chi connectivity index (χ2n) is 6.83. The zero-order valence-corrected chi connectivity index (χ0v) is 17.0. The molecule has 1 N–H and O–H groups in total. The number of carbonyl (C=O) groups excluding carboxylic acids is 2. The van der Waals surface area contributed by atoms with Crippen molar-refractivity contribution in [3.05, 3.63) is 90.0 Å². The molecule has 0 radical (unpaired) electrons. The molecule has 6 heteroatoms. The molecule has 0 aromatic heterocycles. The van der Waals surface area contributed by atoms with Gasteiger partial charge in [0.05, 0.1) is 0 Å². The van der Waals surface area contributed by atoms with Crippen LogP contribution >= 0.6 is 0 Å². The summed E-state index contributed by atoms with van der Waals surface area (Å²) in [6.07, 6.45) is 0. The topological polar surface area (TPSA) is 67.9 Å². The van der Waals surface area contributed by atoms with Crippen molar-refractivity contribution in [3.8, 4) is 11.5 Å². The maximum absolute atomic E-state index is 12.4. The standard InChI is InChI=1S/C24H24N2O4/c1-26(2)19-14-12-18(13-15-19)16-25-23(27)17-29-24(28)21-10-6-7-11-22(21)30-20-8-4-3-5-9-20/h3-15H,16-17H2,1-2H3,(H,25,27). The highest BCUT2D eigenvalue weighted by molar-refractivity contribution is 5.94. The Kier molecular flexibility index (Phi) is 7.05. The minimum Gasteiger partial charge on any atom is -0.456 e. The molecule has 0 aliphatic heterocycles. The molecule has 0 aliphatic rings. The van der Waals surface area contributed by atoms with E-state index < -0.39 is 5.97 Å². The van der Waals surface area contributed by atoms with Crippen LogP contribution in [0.15, 0.2) is 78.9 Å². The Bertz CT molecular complexity index is 986. The van der Waals surface area contributed by atoms with E-state index in [1.54, 1.807) is 36.4 Å². The predicted molar refractivity (Wildman–Crippen MR) is 116 cm³/mol. The summed E-state index contributed by atoms with van der Waals surface area (Å²) in [6, 6.07) is 23.8. The fourth-order valence-corrected chi connectivity index (χ4v) is 2.71. The molecule has 154 valence electrons. The van der Waals surface area contributed by atoms with Crippen LogP contribution in [-0.4, -0.2) is 32.6 Å². The SMILES string of the molecule is CN(C)c1ccc(CNC(=O)COC(=O)c2ccccc2Oc2ccccc2)cc1. The molecule has 3 aromatic carbocycles. The van der Waals surface area contributed by atoms with Crippen molar-refractivity contribution in [3.63, 3.8) is 0 Å². The summed E-state index contributed by atoms with van der Waals surface area (Å²) in [6.45, 7) is -0.00785. The lowest BCUT2D eigenvalue weighted by Gasteiger charge is -2.13. The first-order chi connectivity index (χ1) is 14.5. The van der Waals surface area contributed by atoms with E-state index in [1.165, 1.54) is 0 Å². The van der Waals surface area contributed by atoms with Gasteiger partial charge in [-0.05, 0) is 42.0 Å². The largest absolute Gasteiger partial charge is 0.456 e. The van der Waals surface area contributed by atoms with Gasteiger partial charge in [0.15, 0.2) is 6.61 Å². The molecule has 0 aliphatic carbocycles. The highest BCUT2D eigenvalue weighted by atomic mass is 16.5. The Morgan fingerprint density at radius 1 is 0.867 bits per heavy atom. The van der Waals surface area contributed by atoms with Crippen molar-refractivity contribution in [1.82, 2.24) is 5.32 Å². The van der Waals surface area contributed by atoms with Gasteiger partial charge in [0, 0.05) is 26.3 Å². The lowest BCUT2D eigenvalue weighted by molar-refractivity contribution is -0.124.